The Morgan fingerprint density at radius 1 is 1.38 bits per heavy atom. The van der Waals surface area contributed by atoms with Crippen LogP contribution in [-0.2, 0) is 20.9 Å². The van der Waals surface area contributed by atoms with Crippen LogP contribution in [0.3, 0.4) is 0 Å². The van der Waals surface area contributed by atoms with Crippen LogP contribution in [0.15, 0.2) is 17.2 Å². The molecule has 0 radical (unpaired) electrons. The molecule has 1 amide bonds. The number of hydrogen-bond donors (Lipinski definition) is 2. The molecule has 2 saturated heterocycles. The number of likely N-dealkylation sites (tertiary alicyclic amines) is 1. The molecule has 2 N–H and O–H groups in total. The van der Waals surface area contributed by atoms with E-state index in [1.54, 1.807) is 6.08 Å². The number of aryl methyl sites for hydroxylation is 2. The van der Waals surface area contributed by atoms with E-state index in [9.17, 15) is 18.0 Å². The number of hydrogen-bond acceptors (Lipinski definition) is 6. The molecule has 0 aliphatic carbocycles. The van der Waals surface area contributed by atoms with Crippen LogP contribution < -0.4 is 5.32 Å². The number of halogens is 3. The first-order valence-electron chi connectivity index (χ1n) is 10.4. The maximum Gasteiger partial charge on any atom is 0.490 e. The first-order chi connectivity index (χ1) is 15.0. The van der Waals surface area contributed by atoms with Gasteiger partial charge in [-0.3, -0.25) is 9.69 Å². The first-order valence-corrected chi connectivity index (χ1v) is 10.4. The van der Waals surface area contributed by atoms with E-state index in [1.807, 2.05) is 13.8 Å². The number of carboxylic acids is 1. The highest BCUT2D eigenvalue weighted by atomic mass is 19.4. The highest BCUT2D eigenvalue weighted by molar-refractivity contribution is 5.79. The first kappa shape index (κ1) is 25.9. The topological polar surface area (TPSA) is 105 Å². The number of nitrogens with zero attached hydrogens (tertiary/aromatic N) is 2. The van der Waals surface area contributed by atoms with E-state index < -0.39 is 12.1 Å². The average Bonchev–Trinajstić information content (AvgIpc) is 2.91. The molecule has 0 unspecified atom stereocenters. The molecule has 32 heavy (non-hydrogen) atoms. The Morgan fingerprint density at radius 3 is 2.59 bits per heavy atom. The lowest BCUT2D eigenvalue weighted by Gasteiger charge is -2.36. The summed E-state index contributed by atoms with van der Waals surface area (Å²) in [5.41, 5.74) is 2.15. The van der Waals surface area contributed by atoms with Crippen LogP contribution in [0.4, 0.5) is 13.2 Å². The molecule has 3 heterocycles. The van der Waals surface area contributed by atoms with E-state index in [0.29, 0.717) is 25.0 Å². The molecule has 8 nitrogen and oxygen atoms in total. The van der Waals surface area contributed by atoms with Crippen molar-refractivity contribution in [2.24, 2.45) is 17.8 Å². The molecule has 0 aromatic carbocycles. The van der Waals surface area contributed by atoms with Gasteiger partial charge in [0.05, 0.1) is 18.9 Å². The summed E-state index contributed by atoms with van der Waals surface area (Å²) >= 11 is 0. The molecule has 0 spiro atoms. The number of piperidine rings is 1. The normalized spacial score (nSPS) is 23.9. The number of ether oxygens (including phenoxy) is 1. The molecule has 0 saturated carbocycles. The number of nitrogens with one attached hydrogen (secondary N) is 1. The Hall–Kier alpha value is -2.40. The van der Waals surface area contributed by atoms with Gasteiger partial charge in [0.25, 0.3) is 0 Å². The third kappa shape index (κ3) is 7.06. The number of carbonyl (C=O) groups is 2. The Bertz CT molecular complexity index is 777. The molecular formula is C21H30F3N3O5. The van der Waals surface area contributed by atoms with Crippen LogP contribution >= 0.6 is 0 Å². The van der Waals surface area contributed by atoms with Gasteiger partial charge in [0.1, 0.15) is 5.76 Å². The van der Waals surface area contributed by atoms with Gasteiger partial charge in [0.15, 0.2) is 0 Å². The molecule has 3 rings (SSSR count). The average molecular weight is 461 g/mol. The number of aliphatic carboxylic acids is 1. The summed E-state index contributed by atoms with van der Waals surface area (Å²) in [6, 6.07) is 0. The lowest BCUT2D eigenvalue weighted by molar-refractivity contribution is -0.192. The minimum atomic E-state index is -5.08. The van der Waals surface area contributed by atoms with Crippen molar-refractivity contribution < 1.29 is 37.1 Å². The van der Waals surface area contributed by atoms with Crippen molar-refractivity contribution in [3.63, 3.8) is 0 Å². The molecular weight excluding hydrogens is 431 g/mol. The highest BCUT2D eigenvalue weighted by Gasteiger charge is 2.40. The second-order valence-electron chi connectivity index (χ2n) is 8.06. The van der Waals surface area contributed by atoms with Crippen molar-refractivity contribution in [2.45, 2.75) is 39.4 Å². The van der Waals surface area contributed by atoms with Crippen molar-refractivity contribution in [3.8, 4) is 0 Å². The van der Waals surface area contributed by atoms with Crippen molar-refractivity contribution in [2.75, 3.05) is 32.8 Å². The summed E-state index contributed by atoms with van der Waals surface area (Å²) in [5.74, 6) is -0.764. The number of carboxylic acid groups (broad SMARTS) is 1. The fraction of sp³-hybridized carbons (Fsp3) is 0.667. The van der Waals surface area contributed by atoms with Gasteiger partial charge in [0.2, 0.25) is 5.91 Å². The molecule has 0 bridgehead atoms. The van der Waals surface area contributed by atoms with E-state index in [2.05, 4.69) is 22.0 Å². The van der Waals surface area contributed by atoms with Gasteiger partial charge in [-0.2, -0.15) is 13.2 Å². The fourth-order valence-electron chi connectivity index (χ4n) is 4.18. The van der Waals surface area contributed by atoms with Crippen LogP contribution in [0.1, 0.15) is 29.9 Å². The van der Waals surface area contributed by atoms with E-state index in [4.69, 9.17) is 19.2 Å². The Balaban J connectivity index is 0.000000451. The number of aromatic nitrogens is 1. The Labute approximate surface area is 184 Å². The number of carbonyl (C=O) groups excluding carboxylic acids is 1. The summed E-state index contributed by atoms with van der Waals surface area (Å²) in [6.07, 6.45) is -1.38. The monoisotopic (exact) mass is 461 g/mol. The zero-order valence-electron chi connectivity index (χ0n) is 18.3. The summed E-state index contributed by atoms with van der Waals surface area (Å²) in [4.78, 5) is 23.7. The molecule has 1 aromatic rings. The minimum absolute atomic E-state index is 0.0979. The van der Waals surface area contributed by atoms with Crippen molar-refractivity contribution in [1.29, 1.82) is 0 Å². The Morgan fingerprint density at radius 2 is 2.03 bits per heavy atom. The highest BCUT2D eigenvalue weighted by Crippen LogP contribution is 2.34. The van der Waals surface area contributed by atoms with Gasteiger partial charge < -0.3 is 19.7 Å². The third-order valence-corrected chi connectivity index (χ3v) is 5.91. The summed E-state index contributed by atoms with van der Waals surface area (Å²) in [5, 5.41) is 14.3. The fourth-order valence-corrected chi connectivity index (χ4v) is 4.18. The lowest BCUT2D eigenvalue weighted by atomic mass is 9.75. The standard InChI is InChI=1S/C19H29N3O3.C2HF3O2/c1-4-9-24-12-15-10-20-19(23)17-6-8-22(7-5-16(15)17)11-18-13(2)21-25-14(18)3;3-2(4,5)1(6)7/h4,15-17H,1,5-12H2,2-3H3,(H,20,23);(H,6,7)/t15-,16-,17-;/m1./s1. The van der Waals surface area contributed by atoms with E-state index in [-0.39, 0.29) is 11.8 Å². The van der Waals surface area contributed by atoms with Crippen LogP contribution in [0.25, 0.3) is 0 Å². The second kappa shape index (κ2) is 11.5. The van der Waals surface area contributed by atoms with E-state index in [0.717, 1.165) is 50.5 Å². The summed E-state index contributed by atoms with van der Waals surface area (Å²) in [6.45, 7) is 12.4. The van der Waals surface area contributed by atoms with Gasteiger partial charge in [-0.25, -0.2) is 4.79 Å². The van der Waals surface area contributed by atoms with Gasteiger partial charge >= 0.3 is 12.1 Å². The van der Waals surface area contributed by atoms with E-state index >= 15 is 0 Å². The van der Waals surface area contributed by atoms with Crippen LogP contribution in [-0.4, -0.2) is 66.1 Å². The second-order valence-corrected chi connectivity index (χ2v) is 8.06. The zero-order chi connectivity index (χ0) is 23.9. The third-order valence-electron chi connectivity index (χ3n) is 5.91. The predicted octanol–water partition coefficient (Wildman–Crippen LogP) is 2.70. The number of fused-ring (bicyclic) bond motifs is 1. The SMILES string of the molecule is C=CCOC[C@H]1CNC(=O)[C@@H]2CCN(Cc3c(C)noc3C)CC[C@H]12.O=C(O)C(F)(F)F. The Kier molecular flexibility index (Phi) is 9.26. The maximum absolute atomic E-state index is 12.4. The van der Waals surface area contributed by atoms with Crippen LogP contribution in [0.5, 0.6) is 0 Å². The van der Waals surface area contributed by atoms with Crippen LogP contribution in [0.2, 0.25) is 0 Å². The van der Waals surface area contributed by atoms with Crippen molar-refractivity contribution >= 4 is 11.9 Å². The van der Waals surface area contributed by atoms with Crippen molar-refractivity contribution in [3.05, 3.63) is 29.7 Å². The number of alkyl halides is 3. The number of amides is 1. The smallest absolute Gasteiger partial charge is 0.475 e. The van der Waals surface area contributed by atoms with Crippen LogP contribution in [0, 0.1) is 31.6 Å². The van der Waals surface area contributed by atoms with Gasteiger partial charge in [-0.15, -0.1) is 6.58 Å². The van der Waals surface area contributed by atoms with Gasteiger partial charge in [-0.05, 0) is 45.7 Å². The minimum Gasteiger partial charge on any atom is -0.475 e. The number of rotatable bonds is 6. The molecule has 2 aliphatic heterocycles. The molecule has 1 aromatic heterocycles. The van der Waals surface area contributed by atoms with Crippen molar-refractivity contribution in [1.82, 2.24) is 15.4 Å². The maximum atomic E-state index is 12.4. The largest absolute Gasteiger partial charge is 0.490 e. The van der Waals surface area contributed by atoms with Gasteiger partial charge in [-0.1, -0.05) is 11.2 Å². The van der Waals surface area contributed by atoms with Gasteiger partial charge in [0, 0.05) is 30.5 Å². The summed E-state index contributed by atoms with van der Waals surface area (Å²) in [7, 11) is 0. The predicted molar refractivity (Wildman–Crippen MR) is 109 cm³/mol. The van der Waals surface area contributed by atoms with E-state index in [1.165, 1.54) is 5.56 Å². The lowest BCUT2D eigenvalue weighted by Crippen LogP contribution is -2.49. The quantitative estimate of drug-likeness (QED) is 0.496. The molecule has 2 fully saturated rings. The summed E-state index contributed by atoms with van der Waals surface area (Å²) < 4.78 is 42.7. The zero-order valence-corrected chi connectivity index (χ0v) is 18.3. The molecule has 2 aliphatic rings. The molecule has 11 heteroatoms. The molecule has 180 valence electrons. The molecule has 3 atom stereocenters.